The molecule has 0 amide bonds. The zero-order valence-electron chi connectivity index (χ0n) is 29.1. The fourth-order valence-corrected chi connectivity index (χ4v) is 8.83. The smallest absolute Gasteiger partial charge is 0.205 e. The maximum absolute atomic E-state index is 14.5. The van der Waals surface area contributed by atoms with Crippen LogP contribution in [0.1, 0.15) is 95.2 Å². The van der Waals surface area contributed by atoms with Crippen molar-refractivity contribution in [2.45, 2.75) is 107 Å². The van der Waals surface area contributed by atoms with E-state index in [1.807, 2.05) is 44.9 Å². The van der Waals surface area contributed by atoms with Gasteiger partial charge in [-0.2, -0.15) is 0 Å². The molecule has 13 nitrogen and oxygen atoms in total. The van der Waals surface area contributed by atoms with Gasteiger partial charge in [-0.15, -0.1) is 0 Å². The second-order valence-electron chi connectivity index (χ2n) is 15.4. The summed E-state index contributed by atoms with van der Waals surface area (Å²) in [5.74, 6) is -2.69. The molecule has 3 aliphatic heterocycles. The van der Waals surface area contributed by atoms with Crippen LogP contribution in [0.2, 0.25) is 0 Å². The number of aliphatic hydroxyl groups excluding tert-OH is 2. The number of phenols is 2. The Morgan fingerprint density at radius 3 is 2.27 bits per heavy atom. The van der Waals surface area contributed by atoms with Gasteiger partial charge in [0.15, 0.2) is 12.1 Å². The van der Waals surface area contributed by atoms with E-state index in [1.54, 1.807) is 26.8 Å². The maximum Gasteiger partial charge on any atom is 0.205 e. The van der Waals surface area contributed by atoms with E-state index in [0.29, 0.717) is 5.56 Å². The first-order valence-electron chi connectivity index (χ1n) is 16.8. The summed E-state index contributed by atoms with van der Waals surface area (Å²) in [5, 5.41) is 57.3. The van der Waals surface area contributed by atoms with Gasteiger partial charge < -0.3 is 54.3 Å². The molecule has 13 heteroatoms. The molecule has 0 radical (unpaired) electrons. The molecule has 0 spiro atoms. The fourth-order valence-electron chi connectivity index (χ4n) is 8.83. The first-order chi connectivity index (χ1) is 22.9. The van der Waals surface area contributed by atoms with Crippen molar-refractivity contribution in [3.05, 3.63) is 51.1 Å². The molecule has 11 atom stereocenters. The number of benzene rings is 2. The summed E-state index contributed by atoms with van der Waals surface area (Å²) < 4.78 is 24.9. The summed E-state index contributed by atoms with van der Waals surface area (Å²) in [6.45, 7) is 6.90. The number of ether oxygens (including phenoxy) is 4. The summed E-state index contributed by atoms with van der Waals surface area (Å²) in [6, 6.07) is 2.44. The highest BCUT2D eigenvalue weighted by molar-refractivity contribution is 6.31. The molecular formula is C36H46N2O11. The molecule has 2 aliphatic carbocycles. The van der Waals surface area contributed by atoms with E-state index in [0.717, 1.165) is 0 Å². The summed E-state index contributed by atoms with van der Waals surface area (Å²) in [4.78, 5) is 32.6. The van der Waals surface area contributed by atoms with Gasteiger partial charge in [-0.1, -0.05) is 13.0 Å². The number of carbonyl (C=O) groups is 2. The van der Waals surface area contributed by atoms with E-state index in [9.17, 15) is 35.1 Å². The van der Waals surface area contributed by atoms with Gasteiger partial charge in [0.2, 0.25) is 12.1 Å². The van der Waals surface area contributed by atoms with Crippen LogP contribution in [0.15, 0.2) is 12.1 Å². The Balaban J connectivity index is 1.33. The van der Waals surface area contributed by atoms with E-state index in [1.165, 1.54) is 6.07 Å². The van der Waals surface area contributed by atoms with Crippen LogP contribution < -0.4 is 4.74 Å². The molecule has 2 saturated heterocycles. The van der Waals surface area contributed by atoms with Crippen molar-refractivity contribution in [3.63, 3.8) is 0 Å². The molecule has 5 N–H and O–H groups in total. The first-order valence-corrected chi connectivity index (χ1v) is 16.8. The van der Waals surface area contributed by atoms with Gasteiger partial charge in [-0.3, -0.25) is 9.59 Å². The summed E-state index contributed by atoms with van der Waals surface area (Å²) in [6.07, 6.45) is -4.90. The second-order valence-corrected chi connectivity index (χ2v) is 15.4. The average molecular weight is 683 g/mol. The lowest BCUT2D eigenvalue weighted by atomic mass is 9.71. The van der Waals surface area contributed by atoms with Crippen molar-refractivity contribution in [1.82, 2.24) is 9.80 Å². The van der Waals surface area contributed by atoms with E-state index >= 15 is 0 Å². The van der Waals surface area contributed by atoms with E-state index in [2.05, 4.69) is 0 Å². The lowest BCUT2D eigenvalue weighted by Crippen LogP contribution is -2.65. The third-order valence-corrected chi connectivity index (χ3v) is 11.4. The van der Waals surface area contributed by atoms with Crippen molar-refractivity contribution in [2.24, 2.45) is 5.92 Å². The number of fused-ring (bicyclic) bond motifs is 8. The van der Waals surface area contributed by atoms with Crippen molar-refractivity contribution >= 4 is 11.6 Å². The summed E-state index contributed by atoms with van der Waals surface area (Å²) >= 11 is 0. The lowest BCUT2D eigenvalue weighted by molar-refractivity contribution is -0.296. The van der Waals surface area contributed by atoms with Gasteiger partial charge in [-0.05, 0) is 55.0 Å². The Hall–Kier alpha value is -3.14. The highest BCUT2D eigenvalue weighted by Gasteiger charge is 2.58. The number of likely N-dealkylation sites (N-methyl/N-ethyl adjacent to an activating group) is 2. The molecule has 2 aromatic rings. The van der Waals surface area contributed by atoms with E-state index < -0.39 is 71.3 Å². The van der Waals surface area contributed by atoms with Crippen molar-refractivity contribution in [3.8, 4) is 17.2 Å². The molecule has 49 heavy (non-hydrogen) atoms. The SMILES string of the molecule is CC1C(N(C)C)[C@H](O)[C@]2(C)O[C@H]1Oc1c2ccc2c1C(=O)c1c(O)c3c(c(O)c1C2=O)[C@@H](O[C@H]1CC(N(C)C)[C@@H](O)C(C)O1)C[C@](C)(O)C3. The molecule has 266 valence electrons. The molecule has 2 fully saturated rings. The van der Waals surface area contributed by atoms with Gasteiger partial charge in [-0.25, -0.2) is 0 Å². The Morgan fingerprint density at radius 2 is 1.61 bits per heavy atom. The molecule has 7 rings (SSSR count). The number of hydrogen-bond acceptors (Lipinski definition) is 13. The Bertz CT molecular complexity index is 1740. The van der Waals surface area contributed by atoms with Gasteiger partial charge in [0.05, 0.1) is 40.6 Å². The van der Waals surface area contributed by atoms with Crippen LogP contribution in [0, 0.1) is 5.92 Å². The zero-order chi connectivity index (χ0) is 35.6. The first kappa shape index (κ1) is 34.3. The largest absolute Gasteiger partial charge is 0.507 e. The Kier molecular flexibility index (Phi) is 8.01. The lowest BCUT2D eigenvalue weighted by Gasteiger charge is -2.54. The third-order valence-electron chi connectivity index (χ3n) is 11.4. The predicted molar refractivity (Wildman–Crippen MR) is 174 cm³/mol. The van der Waals surface area contributed by atoms with Crippen LogP contribution in [0.25, 0.3) is 0 Å². The molecule has 2 aromatic carbocycles. The molecule has 0 aromatic heterocycles. The van der Waals surface area contributed by atoms with Crippen molar-refractivity contribution < 1.29 is 54.1 Å². The minimum Gasteiger partial charge on any atom is -0.507 e. The molecule has 3 heterocycles. The van der Waals surface area contributed by atoms with Crippen LogP contribution in [0.3, 0.4) is 0 Å². The number of ketones is 2. The summed E-state index contributed by atoms with van der Waals surface area (Å²) in [7, 11) is 7.40. The Morgan fingerprint density at radius 1 is 0.939 bits per heavy atom. The topological polar surface area (TPSA) is 179 Å². The van der Waals surface area contributed by atoms with Gasteiger partial charge in [0.1, 0.15) is 29.0 Å². The number of carbonyl (C=O) groups excluding carboxylic acids is 2. The number of hydrogen-bond donors (Lipinski definition) is 5. The van der Waals surface area contributed by atoms with Crippen molar-refractivity contribution in [1.29, 1.82) is 0 Å². The van der Waals surface area contributed by atoms with Gasteiger partial charge in [0, 0.05) is 59.5 Å². The molecule has 0 saturated carbocycles. The number of phenolic OH excluding ortho intramolecular Hbond substituents is 2. The van der Waals surface area contributed by atoms with E-state index in [-0.39, 0.29) is 76.4 Å². The van der Waals surface area contributed by atoms with Crippen LogP contribution in [0.5, 0.6) is 17.2 Å². The van der Waals surface area contributed by atoms with Crippen LogP contribution in [-0.2, 0) is 26.2 Å². The number of nitrogens with zero attached hydrogens (tertiary/aromatic N) is 2. The van der Waals surface area contributed by atoms with Crippen LogP contribution >= 0.6 is 0 Å². The molecule has 4 unspecified atom stereocenters. The maximum atomic E-state index is 14.5. The standard InChI is InChI=1S/C36H46N2O11/c1-14-26(38(7)8)33(44)36(4)18-10-9-16-23(32(18)48-34(14)49-36)31(43)25-24(28(16)40)30(42)22-17(29(25)41)12-35(3,45)13-20(22)47-21-11-19(37(5)6)27(39)15(2)46-21/h9-10,14-15,19-21,26-27,33-34,39,41-42,44-45H,11-13H2,1-8H3/t14?,15?,19?,20-,21-,26?,27-,33-,34+,35+,36+/m0/s1. The third kappa shape index (κ3) is 4.96. The molecule has 5 aliphatic rings. The van der Waals surface area contributed by atoms with Gasteiger partial charge >= 0.3 is 0 Å². The minimum atomic E-state index is -1.42. The predicted octanol–water partition coefficient (Wildman–Crippen LogP) is 1.95. The number of rotatable bonds is 4. The van der Waals surface area contributed by atoms with E-state index in [4.69, 9.17) is 18.9 Å². The monoisotopic (exact) mass is 682 g/mol. The fraction of sp³-hybridized carbons (Fsp3) is 0.611. The highest BCUT2D eigenvalue weighted by Crippen LogP contribution is 2.55. The average Bonchev–Trinajstić information content (AvgIpc) is 3.01. The van der Waals surface area contributed by atoms with Gasteiger partial charge in [0.25, 0.3) is 0 Å². The molecular weight excluding hydrogens is 636 g/mol. The quantitative estimate of drug-likeness (QED) is 0.253. The zero-order valence-corrected chi connectivity index (χ0v) is 29.1. The van der Waals surface area contributed by atoms with Crippen molar-refractivity contribution in [2.75, 3.05) is 28.2 Å². The normalized spacial score (nSPS) is 38.1. The number of aromatic hydroxyl groups is 2. The second kappa shape index (κ2) is 11.4. The Labute approximate surface area is 284 Å². The molecule has 2 bridgehead atoms. The highest BCUT2D eigenvalue weighted by atomic mass is 16.7. The minimum absolute atomic E-state index is 0.00368. The number of aliphatic hydroxyl groups is 3. The van der Waals surface area contributed by atoms with Crippen LogP contribution in [0.4, 0.5) is 0 Å². The van der Waals surface area contributed by atoms with Crippen LogP contribution in [-0.4, -0.2) is 124 Å². The summed E-state index contributed by atoms with van der Waals surface area (Å²) in [5.41, 5.74) is -2.96.